The molecule has 0 aromatic heterocycles. The summed E-state index contributed by atoms with van der Waals surface area (Å²) in [5.74, 6) is -2.75. The molecule has 132 valence electrons. The lowest BCUT2D eigenvalue weighted by atomic mass is 10.2. The number of rotatable bonds is 6. The van der Waals surface area contributed by atoms with E-state index in [4.69, 9.17) is 16.3 Å². The number of anilines is 1. The highest BCUT2D eigenvalue weighted by Gasteiger charge is 2.17. The summed E-state index contributed by atoms with van der Waals surface area (Å²) in [7, 11) is 0. The van der Waals surface area contributed by atoms with Crippen molar-refractivity contribution in [3.8, 4) is 5.75 Å². The van der Waals surface area contributed by atoms with Gasteiger partial charge >= 0.3 is 12.6 Å². The Bertz CT molecular complexity index is 786. The van der Waals surface area contributed by atoms with Gasteiger partial charge in [-0.2, -0.15) is 8.78 Å². The molecule has 0 saturated heterocycles. The molecule has 0 atom stereocenters. The van der Waals surface area contributed by atoms with Gasteiger partial charge < -0.3 is 14.8 Å². The van der Waals surface area contributed by atoms with Crippen molar-refractivity contribution in [3.05, 3.63) is 58.9 Å². The minimum Gasteiger partial charge on any atom is -0.452 e. The fourth-order valence-corrected chi connectivity index (χ4v) is 1.99. The van der Waals surface area contributed by atoms with Crippen molar-refractivity contribution in [2.24, 2.45) is 0 Å². The Hall–Kier alpha value is -2.74. The van der Waals surface area contributed by atoms with E-state index in [1.165, 1.54) is 36.4 Å². The maximum atomic E-state index is 13.0. The van der Waals surface area contributed by atoms with Crippen molar-refractivity contribution < 1.29 is 32.2 Å². The van der Waals surface area contributed by atoms with Gasteiger partial charge in [-0.15, -0.1) is 0 Å². The second kappa shape index (κ2) is 8.39. The average Bonchev–Trinajstić information content (AvgIpc) is 2.56. The van der Waals surface area contributed by atoms with Crippen molar-refractivity contribution in [1.29, 1.82) is 0 Å². The second-order valence-corrected chi connectivity index (χ2v) is 5.04. The monoisotopic (exact) mass is 373 g/mol. The Balaban J connectivity index is 1.95. The molecule has 0 spiro atoms. The van der Waals surface area contributed by atoms with Crippen LogP contribution in [0.15, 0.2) is 42.5 Å². The van der Waals surface area contributed by atoms with E-state index in [9.17, 15) is 22.8 Å². The highest BCUT2D eigenvalue weighted by atomic mass is 35.5. The first-order chi connectivity index (χ1) is 11.9. The summed E-state index contributed by atoms with van der Waals surface area (Å²) in [5.41, 5.74) is -0.0469. The van der Waals surface area contributed by atoms with Gasteiger partial charge in [0.2, 0.25) is 0 Å². The molecular formula is C16H11ClF3NO4. The van der Waals surface area contributed by atoms with E-state index in [2.05, 4.69) is 10.1 Å². The molecule has 9 heteroatoms. The number of hydrogen-bond acceptors (Lipinski definition) is 4. The van der Waals surface area contributed by atoms with Crippen LogP contribution in [0.4, 0.5) is 18.9 Å². The maximum Gasteiger partial charge on any atom is 0.387 e. The molecule has 0 bridgehead atoms. The van der Waals surface area contributed by atoms with E-state index < -0.39 is 30.9 Å². The van der Waals surface area contributed by atoms with Crippen LogP contribution in [0, 0.1) is 5.82 Å². The number of nitrogens with one attached hydrogen (secondary N) is 1. The van der Waals surface area contributed by atoms with Crippen molar-refractivity contribution in [2.75, 3.05) is 11.9 Å². The van der Waals surface area contributed by atoms with Gasteiger partial charge in [-0.3, -0.25) is 4.79 Å². The molecule has 0 fully saturated rings. The number of para-hydroxylation sites is 1. The quantitative estimate of drug-likeness (QED) is 0.780. The summed E-state index contributed by atoms with van der Waals surface area (Å²) in [6, 6.07) is 8.73. The third-order valence-electron chi connectivity index (χ3n) is 2.86. The molecule has 2 rings (SSSR count). The standard InChI is InChI=1S/C16H11ClF3NO4/c17-11-7-9(5-6-12(11)18)21-14(22)8-24-15(23)10-3-1-2-4-13(10)25-16(19)20/h1-7,16H,8H2,(H,21,22). The molecule has 25 heavy (non-hydrogen) atoms. The van der Waals surface area contributed by atoms with E-state index >= 15 is 0 Å². The molecule has 0 unspecified atom stereocenters. The first kappa shape index (κ1) is 18.6. The number of esters is 1. The summed E-state index contributed by atoms with van der Waals surface area (Å²) in [6.45, 7) is -3.79. The molecule has 5 nitrogen and oxygen atoms in total. The fourth-order valence-electron chi connectivity index (χ4n) is 1.81. The molecule has 2 aromatic carbocycles. The molecule has 0 heterocycles. The Morgan fingerprint density at radius 2 is 1.88 bits per heavy atom. The van der Waals surface area contributed by atoms with Crippen LogP contribution in [0.25, 0.3) is 0 Å². The van der Waals surface area contributed by atoms with Crippen LogP contribution in [0.2, 0.25) is 5.02 Å². The fraction of sp³-hybridized carbons (Fsp3) is 0.125. The highest BCUT2D eigenvalue weighted by molar-refractivity contribution is 6.31. The topological polar surface area (TPSA) is 64.6 Å². The van der Waals surface area contributed by atoms with Crippen LogP contribution in [0.1, 0.15) is 10.4 Å². The summed E-state index contributed by atoms with van der Waals surface area (Å²) in [6.07, 6.45) is 0. The Labute approximate surface area is 145 Å². The van der Waals surface area contributed by atoms with Crippen molar-refractivity contribution in [1.82, 2.24) is 0 Å². The largest absolute Gasteiger partial charge is 0.452 e. The van der Waals surface area contributed by atoms with Crippen molar-refractivity contribution in [3.63, 3.8) is 0 Å². The van der Waals surface area contributed by atoms with Crippen LogP contribution < -0.4 is 10.1 Å². The Morgan fingerprint density at radius 3 is 2.56 bits per heavy atom. The zero-order valence-corrected chi connectivity index (χ0v) is 13.2. The number of amides is 1. The van der Waals surface area contributed by atoms with Gasteiger partial charge in [-0.1, -0.05) is 23.7 Å². The van der Waals surface area contributed by atoms with Crippen LogP contribution in [-0.2, 0) is 9.53 Å². The minimum atomic E-state index is -3.11. The van der Waals surface area contributed by atoms with Crippen LogP contribution in [0.3, 0.4) is 0 Å². The number of alkyl halides is 2. The average molecular weight is 374 g/mol. The zero-order chi connectivity index (χ0) is 18.4. The molecule has 0 saturated carbocycles. The van der Waals surface area contributed by atoms with Gasteiger partial charge in [0, 0.05) is 5.69 Å². The Morgan fingerprint density at radius 1 is 1.16 bits per heavy atom. The molecule has 1 N–H and O–H groups in total. The number of hydrogen-bond donors (Lipinski definition) is 1. The first-order valence-electron chi connectivity index (χ1n) is 6.82. The number of benzene rings is 2. The van der Waals surface area contributed by atoms with E-state index in [1.54, 1.807) is 0 Å². The van der Waals surface area contributed by atoms with Gasteiger partial charge in [-0.25, -0.2) is 9.18 Å². The molecule has 2 aromatic rings. The van der Waals surface area contributed by atoms with E-state index in [0.717, 1.165) is 6.07 Å². The molecule has 1 amide bonds. The normalized spacial score (nSPS) is 10.4. The van der Waals surface area contributed by atoms with Crippen LogP contribution in [-0.4, -0.2) is 25.1 Å². The van der Waals surface area contributed by atoms with Crippen LogP contribution >= 0.6 is 11.6 Å². The maximum absolute atomic E-state index is 13.0. The highest BCUT2D eigenvalue weighted by Crippen LogP contribution is 2.21. The number of halogens is 4. The smallest absolute Gasteiger partial charge is 0.387 e. The zero-order valence-electron chi connectivity index (χ0n) is 12.5. The summed E-state index contributed by atoms with van der Waals surface area (Å²) in [4.78, 5) is 23.6. The summed E-state index contributed by atoms with van der Waals surface area (Å²) in [5, 5.41) is 2.16. The van der Waals surface area contributed by atoms with Crippen LogP contribution in [0.5, 0.6) is 5.75 Å². The van der Waals surface area contributed by atoms with Gasteiger partial charge in [0.25, 0.3) is 5.91 Å². The van der Waals surface area contributed by atoms with E-state index in [0.29, 0.717) is 0 Å². The van der Waals surface area contributed by atoms with E-state index in [1.807, 2.05) is 0 Å². The van der Waals surface area contributed by atoms with Crippen molar-refractivity contribution >= 4 is 29.2 Å². The number of carbonyl (C=O) groups is 2. The van der Waals surface area contributed by atoms with E-state index in [-0.39, 0.29) is 22.0 Å². The van der Waals surface area contributed by atoms with Crippen molar-refractivity contribution in [2.45, 2.75) is 6.61 Å². The third-order valence-corrected chi connectivity index (χ3v) is 3.15. The van der Waals surface area contributed by atoms with Gasteiger partial charge in [-0.05, 0) is 30.3 Å². The summed E-state index contributed by atoms with van der Waals surface area (Å²) >= 11 is 5.58. The molecular weight excluding hydrogens is 363 g/mol. The lowest BCUT2D eigenvalue weighted by molar-refractivity contribution is -0.119. The molecule has 0 radical (unpaired) electrons. The summed E-state index contributed by atoms with van der Waals surface area (Å²) < 4.78 is 46.6. The lowest BCUT2D eigenvalue weighted by Gasteiger charge is -2.10. The predicted octanol–water partition coefficient (Wildman–Crippen LogP) is 3.88. The van der Waals surface area contributed by atoms with Gasteiger partial charge in [0.05, 0.1) is 5.02 Å². The SMILES string of the molecule is O=C(COC(=O)c1ccccc1OC(F)F)Nc1ccc(F)c(Cl)c1. The van der Waals surface area contributed by atoms with Gasteiger partial charge in [0.15, 0.2) is 6.61 Å². The molecule has 0 aliphatic heterocycles. The number of ether oxygens (including phenoxy) is 2. The first-order valence-corrected chi connectivity index (χ1v) is 7.20. The number of carbonyl (C=O) groups excluding carboxylic acids is 2. The van der Waals surface area contributed by atoms with Gasteiger partial charge in [0.1, 0.15) is 17.1 Å². The lowest BCUT2D eigenvalue weighted by Crippen LogP contribution is -2.21. The predicted molar refractivity (Wildman–Crippen MR) is 83.4 cm³/mol. The second-order valence-electron chi connectivity index (χ2n) is 4.63. The third kappa shape index (κ3) is 5.39. The Kier molecular flexibility index (Phi) is 6.24. The molecule has 0 aliphatic rings. The molecule has 0 aliphatic carbocycles. The minimum absolute atomic E-state index is 0.187.